The summed E-state index contributed by atoms with van der Waals surface area (Å²) in [6.45, 7) is 0. The summed E-state index contributed by atoms with van der Waals surface area (Å²) in [5, 5.41) is 3.16. The molecule has 1 N–H and O–H groups in total. The summed E-state index contributed by atoms with van der Waals surface area (Å²) < 4.78 is 11.8. The summed E-state index contributed by atoms with van der Waals surface area (Å²) >= 11 is 1.11. The molecule has 1 aromatic heterocycles. The molecule has 2 aliphatic rings. The van der Waals surface area contributed by atoms with Gasteiger partial charge in [-0.25, -0.2) is 9.79 Å². The molecular weight excluding hydrogens is 434 g/mol. The number of anilines is 1. The summed E-state index contributed by atoms with van der Waals surface area (Å²) in [7, 11) is 4.51. The third-order valence-electron chi connectivity index (χ3n) is 4.90. The van der Waals surface area contributed by atoms with E-state index in [2.05, 4.69) is 15.3 Å². The molecule has 2 aromatic rings. The molecule has 32 heavy (non-hydrogen) atoms. The van der Waals surface area contributed by atoms with Crippen molar-refractivity contribution in [2.75, 3.05) is 32.3 Å². The fourth-order valence-corrected chi connectivity index (χ4v) is 4.09. The first-order valence-electron chi connectivity index (χ1n) is 9.59. The summed E-state index contributed by atoms with van der Waals surface area (Å²) in [6, 6.07) is 9.82. The Morgan fingerprint density at radius 1 is 1.25 bits per heavy atom. The fraction of sp³-hybridized carbons (Fsp3) is 0.238. The number of rotatable bonds is 5. The number of nitrogens with zero attached hydrogens (tertiary/aromatic N) is 4. The average Bonchev–Trinajstić information content (AvgIpc) is 3.35. The zero-order chi connectivity index (χ0) is 22.8. The van der Waals surface area contributed by atoms with Crippen molar-refractivity contribution in [1.29, 1.82) is 0 Å². The summed E-state index contributed by atoms with van der Waals surface area (Å²) in [5.41, 5.74) is 0.617. The highest BCUT2D eigenvalue weighted by Gasteiger charge is 2.49. The number of carbonyl (C=O) groups excluding carboxylic acids is 3. The number of aliphatic imine (C=N–C) groups is 2. The standard InChI is InChI=1S/C21H19N5O5S/c1-25-18-16(20(28)26(2)21(25)29)19(24-17(23-18)14-5-4-10-31-14)32-11-15(27)22-12-6-8-13(30-3)9-7-12/h4-10,16H,11H2,1-3H3/p+1. The molecule has 4 amide bonds. The van der Waals surface area contributed by atoms with Crippen molar-refractivity contribution >= 4 is 52.0 Å². The maximum atomic E-state index is 12.9. The molecule has 1 aromatic carbocycles. The van der Waals surface area contributed by atoms with Crippen molar-refractivity contribution in [3.8, 4) is 5.75 Å². The van der Waals surface area contributed by atoms with Gasteiger partial charge in [-0.3, -0.25) is 9.59 Å². The molecule has 0 fully saturated rings. The van der Waals surface area contributed by atoms with E-state index in [9.17, 15) is 14.4 Å². The second-order valence-electron chi connectivity index (χ2n) is 6.96. The zero-order valence-corrected chi connectivity index (χ0v) is 18.4. The van der Waals surface area contributed by atoms with E-state index >= 15 is 0 Å². The van der Waals surface area contributed by atoms with Crippen LogP contribution in [0, 0.1) is 5.92 Å². The lowest BCUT2D eigenvalue weighted by atomic mass is 10.0. The van der Waals surface area contributed by atoms with Gasteiger partial charge >= 0.3 is 11.9 Å². The van der Waals surface area contributed by atoms with Gasteiger partial charge in [-0.2, -0.15) is 9.48 Å². The monoisotopic (exact) mass is 454 g/mol. The molecule has 1 atom stereocenters. The first-order valence-corrected chi connectivity index (χ1v) is 10.6. The lowest BCUT2D eigenvalue weighted by molar-refractivity contribution is -0.407. The van der Waals surface area contributed by atoms with Gasteiger partial charge in [0, 0.05) is 5.69 Å². The maximum Gasteiger partial charge on any atom is 0.445 e. The van der Waals surface area contributed by atoms with Crippen LogP contribution in [0.1, 0.15) is 5.76 Å². The van der Waals surface area contributed by atoms with E-state index in [1.165, 1.54) is 17.9 Å². The molecule has 11 heteroatoms. The molecular formula is C21H20N5O5S+. The van der Waals surface area contributed by atoms with Gasteiger partial charge < -0.3 is 14.5 Å². The normalized spacial score (nSPS) is 18.2. The van der Waals surface area contributed by atoms with Crippen molar-refractivity contribution < 1.29 is 28.1 Å². The number of methoxy groups -OCH3 is 1. The Kier molecular flexibility index (Phi) is 5.91. The Labute approximate surface area is 187 Å². The minimum Gasteiger partial charge on any atom is -0.497 e. The Bertz CT molecular complexity index is 1170. The Morgan fingerprint density at radius 3 is 2.66 bits per heavy atom. The summed E-state index contributed by atoms with van der Waals surface area (Å²) in [6.07, 6.45) is 1.48. The van der Waals surface area contributed by atoms with Gasteiger partial charge in [0.15, 0.2) is 11.7 Å². The minimum absolute atomic E-state index is 0.00866. The van der Waals surface area contributed by atoms with Crippen molar-refractivity contribution in [3.63, 3.8) is 0 Å². The van der Waals surface area contributed by atoms with Gasteiger partial charge in [0.05, 0.1) is 33.2 Å². The van der Waals surface area contributed by atoms with Crippen LogP contribution in [-0.4, -0.2) is 71.0 Å². The molecule has 10 nitrogen and oxygen atoms in total. The van der Waals surface area contributed by atoms with Crippen LogP contribution in [0.4, 0.5) is 10.5 Å². The smallest absolute Gasteiger partial charge is 0.445 e. The number of furan rings is 1. The third-order valence-corrected chi connectivity index (χ3v) is 5.93. The molecule has 2 aliphatic heterocycles. The highest BCUT2D eigenvalue weighted by Crippen LogP contribution is 2.27. The van der Waals surface area contributed by atoms with Gasteiger partial charge in [0.2, 0.25) is 5.91 Å². The number of nitrogens with one attached hydrogen (secondary N) is 1. The van der Waals surface area contributed by atoms with Crippen LogP contribution in [0.15, 0.2) is 57.1 Å². The van der Waals surface area contributed by atoms with Gasteiger partial charge in [-0.15, -0.1) is 0 Å². The highest BCUT2D eigenvalue weighted by atomic mass is 32.2. The van der Waals surface area contributed by atoms with Crippen LogP contribution in [0.25, 0.3) is 0 Å². The number of amidine groups is 2. The van der Waals surface area contributed by atoms with E-state index in [-0.39, 0.29) is 23.3 Å². The molecule has 0 spiro atoms. The molecule has 164 valence electrons. The second kappa shape index (κ2) is 8.79. The summed E-state index contributed by atoms with van der Waals surface area (Å²) in [4.78, 5) is 47.7. The quantitative estimate of drug-likeness (QED) is 0.692. The fourth-order valence-electron chi connectivity index (χ4n) is 3.22. The molecule has 0 saturated heterocycles. The predicted octanol–water partition coefficient (Wildman–Crippen LogP) is 2.07. The van der Waals surface area contributed by atoms with Crippen LogP contribution in [-0.2, 0) is 9.59 Å². The van der Waals surface area contributed by atoms with Crippen LogP contribution < -0.4 is 10.1 Å². The number of carbonyl (C=O) groups is 3. The number of imide groups is 1. The predicted molar refractivity (Wildman–Crippen MR) is 120 cm³/mol. The van der Waals surface area contributed by atoms with Crippen molar-refractivity contribution in [2.24, 2.45) is 15.9 Å². The van der Waals surface area contributed by atoms with Gasteiger partial charge in [-0.05, 0) is 36.4 Å². The van der Waals surface area contributed by atoms with E-state index in [4.69, 9.17) is 9.15 Å². The Hall–Kier alpha value is -3.73. The molecule has 1 unspecified atom stereocenters. The molecule has 0 saturated carbocycles. The van der Waals surface area contributed by atoms with Crippen molar-refractivity contribution in [3.05, 3.63) is 48.4 Å². The molecule has 3 heterocycles. The highest BCUT2D eigenvalue weighted by molar-refractivity contribution is 8.14. The lowest BCUT2D eigenvalue weighted by Crippen LogP contribution is -2.54. The minimum atomic E-state index is -0.875. The average molecular weight is 454 g/mol. The summed E-state index contributed by atoms with van der Waals surface area (Å²) in [5.74, 6) is -0.0348. The number of amides is 4. The SMILES string of the molecule is COc1ccc(NC(=O)CSC2=NC(c3ccco3)=NC3=[N+](C)C(=O)N(C)C(=O)C23)cc1. The van der Waals surface area contributed by atoms with Gasteiger partial charge in [-0.1, -0.05) is 16.8 Å². The number of hydrogen-bond donors (Lipinski definition) is 1. The second-order valence-corrected chi connectivity index (χ2v) is 7.95. The number of urea groups is 1. The number of thioether (sulfide) groups is 1. The van der Waals surface area contributed by atoms with Crippen LogP contribution >= 0.6 is 11.8 Å². The number of hydrogen-bond acceptors (Lipinski definition) is 8. The maximum absolute atomic E-state index is 12.9. The van der Waals surface area contributed by atoms with Gasteiger partial charge in [0.1, 0.15) is 10.8 Å². The Morgan fingerprint density at radius 2 is 2.00 bits per heavy atom. The third kappa shape index (κ3) is 4.06. The van der Waals surface area contributed by atoms with Gasteiger partial charge in [0.25, 0.3) is 11.7 Å². The largest absolute Gasteiger partial charge is 0.497 e. The van der Waals surface area contributed by atoms with E-state index in [0.717, 1.165) is 16.7 Å². The van der Waals surface area contributed by atoms with E-state index in [1.807, 2.05) is 0 Å². The first-order chi connectivity index (χ1) is 15.4. The zero-order valence-electron chi connectivity index (χ0n) is 17.6. The van der Waals surface area contributed by atoms with Crippen LogP contribution in [0.2, 0.25) is 0 Å². The molecule has 0 aliphatic carbocycles. The topological polar surface area (TPSA) is 117 Å². The lowest BCUT2D eigenvalue weighted by Gasteiger charge is -2.26. The number of benzene rings is 1. The van der Waals surface area contributed by atoms with Crippen LogP contribution in [0.3, 0.4) is 0 Å². The van der Waals surface area contributed by atoms with Crippen molar-refractivity contribution in [2.45, 2.75) is 0 Å². The van der Waals surface area contributed by atoms with E-state index < -0.39 is 17.9 Å². The Balaban J connectivity index is 1.58. The molecule has 0 bridgehead atoms. The van der Waals surface area contributed by atoms with Crippen LogP contribution in [0.5, 0.6) is 5.75 Å². The molecule has 4 rings (SSSR count). The molecule has 0 radical (unpaired) electrons. The van der Waals surface area contributed by atoms with E-state index in [1.54, 1.807) is 50.6 Å². The number of ether oxygens (including phenoxy) is 1. The van der Waals surface area contributed by atoms with Crippen molar-refractivity contribution in [1.82, 2.24) is 4.90 Å². The van der Waals surface area contributed by atoms with E-state index in [0.29, 0.717) is 22.2 Å². The number of fused-ring (bicyclic) bond motifs is 1. The first kappa shape index (κ1) is 21.5.